The second kappa shape index (κ2) is 4.93. The van der Waals surface area contributed by atoms with Crippen LogP contribution in [0.5, 0.6) is 0 Å². The fraction of sp³-hybridized carbons (Fsp3) is 0.692. The summed E-state index contributed by atoms with van der Waals surface area (Å²) < 4.78 is 0. The Kier molecular flexibility index (Phi) is 3.79. The average Bonchev–Trinajstić information content (AvgIpc) is 2.23. The first kappa shape index (κ1) is 11.5. The summed E-state index contributed by atoms with van der Waals surface area (Å²) in [6.45, 7) is 2.23. The highest BCUT2D eigenvalue weighted by atomic mass is 35.5. The molecule has 2 aliphatic carbocycles. The maximum Gasteiger partial charge on any atom is 0.0539 e. The predicted molar refractivity (Wildman–Crippen MR) is 67.7 cm³/mol. The first-order chi connectivity index (χ1) is 7.16. The van der Waals surface area contributed by atoms with Crippen molar-refractivity contribution in [2.75, 3.05) is 0 Å². The number of rotatable bonds is 1. The zero-order chi connectivity index (χ0) is 10.8. The number of alkyl halides is 2. The highest BCUT2D eigenvalue weighted by Crippen LogP contribution is 2.36. The van der Waals surface area contributed by atoms with Crippen LogP contribution in [0.15, 0.2) is 23.3 Å². The lowest BCUT2D eigenvalue weighted by atomic mass is 9.80. The number of allylic oxidation sites excluding steroid dienone is 4. The molecule has 0 heterocycles. The normalized spacial score (nSPS) is 37.1. The maximum absolute atomic E-state index is 6.22. The van der Waals surface area contributed by atoms with Gasteiger partial charge in [-0.05, 0) is 44.9 Å². The van der Waals surface area contributed by atoms with Gasteiger partial charge in [-0.1, -0.05) is 23.3 Å². The van der Waals surface area contributed by atoms with Gasteiger partial charge in [-0.3, -0.25) is 0 Å². The van der Waals surface area contributed by atoms with Gasteiger partial charge < -0.3 is 0 Å². The fourth-order valence-electron chi connectivity index (χ4n) is 2.48. The molecule has 0 saturated carbocycles. The van der Waals surface area contributed by atoms with Crippen molar-refractivity contribution in [3.05, 3.63) is 23.3 Å². The first-order valence-electron chi connectivity index (χ1n) is 5.79. The highest BCUT2D eigenvalue weighted by molar-refractivity contribution is 6.30. The molecular formula is C13H18Cl2. The van der Waals surface area contributed by atoms with E-state index in [4.69, 9.17) is 23.2 Å². The third kappa shape index (κ3) is 2.79. The fourth-order valence-corrected chi connectivity index (χ4v) is 2.94. The Balaban J connectivity index is 2.00. The zero-order valence-corrected chi connectivity index (χ0v) is 10.7. The molecule has 0 fully saturated rings. The van der Waals surface area contributed by atoms with E-state index in [1.54, 1.807) is 11.1 Å². The van der Waals surface area contributed by atoms with Crippen molar-refractivity contribution in [2.45, 2.75) is 49.8 Å². The third-order valence-corrected chi connectivity index (χ3v) is 4.66. The summed E-state index contributed by atoms with van der Waals surface area (Å²) in [5.41, 5.74) is 3.09. The standard InChI is InChI=1S/C13H18Cl2/c1-9-2-4-10(5-3-9)11-6-7-12(14)13(15)8-11/h2,6,10,12-13H,3-5,7-8H2,1H3. The Morgan fingerprint density at radius 3 is 2.53 bits per heavy atom. The maximum atomic E-state index is 6.22. The SMILES string of the molecule is CC1=CCC(C2=CCC(Cl)C(Cl)C2)CC1. The molecule has 0 amide bonds. The second-order valence-electron chi connectivity index (χ2n) is 4.77. The van der Waals surface area contributed by atoms with Crippen LogP contribution in [0.4, 0.5) is 0 Å². The molecule has 0 nitrogen and oxygen atoms in total. The van der Waals surface area contributed by atoms with Crippen LogP contribution in [0, 0.1) is 5.92 Å². The van der Waals surface area contributed by atoms with Gasteiger partial charge in [0.15, 0.2) is 0 Å². The lowest BCUT2D eigenvalue weighted by molar-refractivity contribution is 0.502. The van der Waals surface area contributed by atoms with Crippen molar-refractivity contribution < 1.29 is 0 Å². The summed E-state index contributed by atoms with van der Waals surface area (Å²) in [4.78, 5) is 0. The van der Waals surface area contributed by atoms with Crippen LogP contribution >= 0.6 is 23.2 Å². The van der Waals surface area contributed by atoms with Gasteiger partial charge in [-0.25, -0.2) is 0 Å². The summed E-state index contributed by atoms with van der Waals surface area (Å²) in [7, 11) is 0. The number of hydrogen-bond acceptors (Lipinski definition) is 0. The summed E-state index contributed by atoms with van der Waals surface area (Å²) in [5.74, 6) is 0.735. The summed E-state index contributed by atoms with van der Waals surface area (Å²) in [6, 6.07) is 0. The summed E-state index contributed by atoms with van der Waals surface area (Å²) >= 11 is 12.3. The molecule has 2 aliphatic rings. The molecule has 0 radical (unpaired) electrons. The minimum atomic E-state index is 0.135. The van der Waals surface area contributed by atoms with Crippen LogP contribution in [0.1, 0.15) is 39.0 Å². The molecule has 2 heteroatoms. The van der Waals surface area contributed by atoms with Crippen LogP contribution in [-0.2, 0) is 0 Å². The Morgan fingerprint density at radius 1 is 1.13 bits per heavy atom. The minimum Gasteiger partial charge on any atom is -0.121 e. The molecule has 0 aromatic rings. The summed E-state index contributed by atoms with van der Waals surface area (Å²) in [5, 5.41) is 0.273. The van der Waals surface area contributed by atoms with E-state index in [1.165, 1.54) is 19.3 Å². The Hall–Kier alpha value is 0.0600. The van der Waals surface area contributed by atoms with E-state index in [1.807, 2.05) is 0 Å². The van der Waals surface area contributed by atoms with Gasteiger partial charge in [-0.2, -0.15) is 0 Å². The Bertz CT molecular complexity index is 291. The van der Waals surface area contributed by atoms with Gasteiger partial charge in [0.1, 0.15) is 0 Å². The molecule has 15 heavy (non-hydrogen) atoms. The molecule has 0 aliphatic heterocycles. The largest absolute Gasteiger partial charge is 0.121 e. The van der Waals surface area contributed by atoms with Crippen molar-refractivity contribution in [1.29, 1.82) is 0 Å². The van der Waals surface area contributed by atoms with Crippen LogP contribution in [0.3, 0.4) is 0 Å². The highest BCUT2D eigenvalue weighted by Gasteiger charge is 2.26. The Morgan fingerprint density at radius 2 is 1.93 bits per heavy atom. The smallest absolute Gasteiger partial charge is 0.0539 e. The van der Waals surface area contributed by atoms with Gasteiger partial charge >= 0.3 is 0 Å². The van der Waals surface area contributed by atoms with Crippen molar-refractivity contribution in [3.8, 4) is 0 Å². The van der Waals surface area contributed by atoms with Crippen LogP contribution < -0.4 is 0 Å². The van der Waals surface area contributed by atoms with E-state index in [-0.39, 0.29) is 10.8 Å². The molecule has 0 N–H and O–H groups in total. The van der Waals surface area contributed by atoms with Crippen molar-refractivity contribution in [1.82, 2.24) is 0 Å². The van der Waals surface area contributed by atoms with E-state index in [9.17, 15) is 0 Å². The molecule has 0 saturated heterocycles. The summed E-state index contributed by atoms with van der Waals surface area (Å²) in [6.07, 6.45) is 10.4. The Labute approximate surface area is 102 Å². The molecule has 3 atom stereocenters. The molecule has 0 bridgehead atoms. The predicted octanol–water partition coefficient (Wildman–Crippen LogP) is 4.67. The minimum absolute atomic E-state index is 0.135. The van der Waals surface area contributed by atoms with Crippen molar-refractivity contribution in [3.63, 3.8) is 0 Å². The molecule has 2 rings (SSSR count). The first-order valence-corrected chi connectivity index (χ1v) is 6.67. The van der Waals surface area contributed by atoms with E-state index < -0.39 is 0 Å². The van der Waals surface area contributed by atoms with Crippen LogP contribution in [-0.4, -0.2) is 10.8 Å². The second-order valence-corrected chi connectivity index (χ2v) is 5.89. The van der Waals surface area contributed by atoms with Crippen LogP contribution in [0.2, 0.25) is 0 Å². The van der Waals surface area contributed by atoms with E-state index in [0.29, 0.717) is 0 Å². The molecule has 3 unspecified atom stereocenters. The number of hydrogen-bond donors (Lipinski definition) is 0. The third-order valence-electron chi connectivity index (χ3n) is 3.59. The monoisotopic (exact) mass is 244 g/mol. The topological polar surface area (TPSA) is 0 Å². The molecular weight excluding hydrogens is 227 g/mol. The van der Waals surface area contributed by atoms with Crippen molar-refractivity contribution in [2.24, 2.45) is 5.92 Å². The van der Waals surface area contributed by atoms with Gasteiger partial charge in [-0.15, -0.1) is 23.2 Å². The molecule has 0 spiro atoms. The molecule has 0 aromatic carbocycles. The van der Waals surface area contributed by atoms with Gasteiger partial charge in [0.2, 0.25) is 0 Å². The zero-order valence-electron chi connectivity index (χ0n) is 9.18. The quantitative estimate of drug-likeness (QED) is 0.465. The van der Waals surface area contributed by atoms with E-state index in [2.05, 4.69) is 19.1 Å². The van der Waals surface area contributed by atoms with Crippen molar-refractivity contribution >= 4 is 23.2 Å². The lowest BCUT2D eigenvalue weighted by Crippen LogP contribution is -2.23. The van der Waals surface area contributed by atoms with Gasteiger partial charge in [0.05, 0.1) is 10.8 Å². The van der Waals surface area contributed by atoms with E-state index >= 15 is 0 Å². The average molecular weight is 245 g/mol. The molecule has 0 aromatic heterocycles. The van der Waals surface area contributed by atoms with Gasteiger partial charge in [0.25, 0.3) is 0 Å². The van der Waals surface area contributed by atoms with Crippen LogP contribution in [0.25, 0.3) is 0 Å². The van der Waals surface area contributed by atoms with E-state index in [0.717, 1.165) is 18.8 Å². The number of halogens is 2. The van der Waals surface area contributed by atoms with Gasteiger partial charge in [0, 0.05) is 0 Å². The lowest BCUT2D eigenvalue weighted by Gasteiger charge is -2.29. The molecule has 84 valence electrons.